The van der Waals surface area contributed by atoms with Gasteiger partial charge in [-0.25, -0.2) is 0 Å². The molecule has 3 N–H and O–H groups in total. The van der Waals surface area contributed by atoms with Crippen LogP contribution in [0.3, 0.4) is 0 Å². The lowest BCUT2D eigenvalue weighted by Crippen LogP contribution is -2.52. The van der Waals surface area contributed by atoms with Crippen molar-refractivity contribution in [1.29, 1.82) is 0 Å². The minimum Gasteiger partial charge on any atom is -0.353 e. The van der Waals surface area contributed by atoms with E-state index in [1.54, 1.807) is 0 Å². The number of likely N-dealkylation sites (tertiary alicyclic amines) is 1. The van der Waals surface area contributed by atoms with Gasteiger partial charge in [0.15, 0.2) is 0 Å². The van der Waals surface area contributed by atoms with Gasteiger partial charge in [0, 0.05) is 32.1 Å². The number of rotatable bonds is 4. The Morgan fingerprint density at radius 1 is 1.25 bits per heavy atom. The van der Waals surface area contributed by atoms with Crippen molar-refractivity contribution in [3.05, 3.63) is 0 Å². The molecule has 2 amide bonds. The summed E-state index contributed by atoms with van der Waals surface area (Å²) in [6.45, 7) is 3.82. The molecule has 20 heavy (non-hydrogen) atoms. The number of amides is 2. The number of piperidine rings is 1. The van der Waals surface area contributed by atoms with E-state index in [1.165, 1.54) is 0 Å². The molecule has 5 nitrogen and oxygen atoms in total. The minimum atomic E-state index is -0.292. The average Bonchev–Trinajstić information content (AvgIpc) is 2.97. The lowest BCUT2D eigenvalue weighted by atomic mass is 9.84. The molecular formula is C15H27N3O2. The molecule has 2 rings (SSSR count). The Labute approximate surface area is 121 Å². The molecule has 0 atom stereocenters. The maximum Gasteiger partial charge on any atom is 0.230 e. The number of carbonyl (C=O) groups excluding carboxylic acids is 2. The number of hydrogen-bond acceptors (Lipinski definition) is 3. The molecule has 1 aliphatic heterocycles. The van der Waals surface area contributed by atoms with Crippen molar-refractivity contribution in [2.45, 2.75) is 57.9 Å². The molecule has 1 aliphatic carbocycles. The van der Waals surface area contributed by atoms with Crippen molar-refractivity contribution in [1.82, 2.24) is 10.2 Å². The van der Waals surface area contributed by atoms with Crippen LogP contribution in [0.5, 0.6) is 0 Å². The molecule has 2 aliphatic rings. The van der Waals surface area contributed by atoms with Crippen molar-refractivity contribution >= 4 is 11.8 Å². The Kier molecular flexibility index (Phi) is 5.02. The number of nitrogens with zero attached hydrogens (tertiary/aromatic N) is 1. The Morgan fingerprint density at radius 3 is 2.35 bits per heavy atom. The Bertz CT molecular complexity index is 356. The highest BCUT2D eigenvalue weighted by Gasteiger charge is 2.42. The smallest absolute Gasteiger partial charge is 0.230 e. The molecule has 1 saturated carbocycles. The number of nitrogens with one attached hydrogen (secondary N) is 1. The minimum absolute atomic E-state index is 0.101. The maximum atomic E-state index is 12.7. The van der Waals surface area contributed by atoms with E-state index in [9.17, 15) is 9.59 Å². The molecule has 0 spiro atoms. The summed E-state index contributed by atoms with van der Waals surface area (Å²) >= 11 is 0. The molecule has 0 unspecified atom stereocenters. The third kappa shape index (κ3) is 3.14. The molecular weight excluding hydrogens is 254 g/mol. The third-order valence-electron chi connectivity index (χ3n) is 4.87. The zero-order chi connectivity index (χ0) is 14.6. The quantitative estimate of drug-likeness (QED) is 0.808. The van der Waals surface area contributed by atoms with Gasteiger partial charge in [0.2, 0.25) is 11.8 Å². The molecule has 0 aromatic rings. The average molecular weight is 281 g/mol. The number of carbonyl (C=O) groups is 2. The zero-order valence-electron chi connectivity index (χ0n) is 12.5. The Morgan fingerprint density at radius 2 is 1.85 bits per heavy atom. The molecule has 114 valence electrons. The van der Waals surface area contributed by atoms with Crippen molar-refractivity contribution in [3.8, 4) is 0 Å². The molecule has 1 saturated heterocycles. The van der Waals surface area contributed by atoms with E-state index in [4.69, 9.17) is 5.73 Å². The Balaban J connectivity index is 1.87. The molecule has 1 heterocycles. The first kappa shape index (κ1) is 15.3. The van der Waals surface area contributed by atoms with Gasteiger partial charge in [-0.3, -0.25) is 9.59 Å². The summed E-state index contributed by atoms with van der Waals surface area (Å²) in [5.74, 6) is 0.349. The first-order valence-corrected chi connectivity index (χ1v) is 7.90. The number of nitrogens with two attached hydrogens (primary N) is 1. The predicted molar refractivity (Wildman–Crippen MR) is 78.0 cm³/mol. The van der Waals surface area contributed by atoms with Crippen molar-refractivity contribution in [3.63, 3.8) is 0 Å². The fourth-order valence-corrected chi connectivity index (χ4v) is 3.45. The van der Waals surface area contributed by atoms with E-state index >= 15 is 0 Å². The fraction of sp³-hybridized carbons (Fsp3) is 0.867. The maximum absolute atomic E-state index is 12.7. The van der Waals surface area contributed by atoms with Gasteiger partial charge in [0.05, 0.1) is 5.41 Å². The van der Waals surface area contributed by atoms with E-state index in [2.05, 4.69) is 5.32 Å². The van der Waals surface area contributed by atoms with Crippen LogP contribution in [-0.2, 0) is 9.59 Å². The van der Waals surface area contributed by atoms with Gasteiger partial charge in [0.25, 0.3) is 0 Å². The van der Waals surface area contributed by atoms with Crippen LogP contribution in [0.25, 0.3) is 0 Å². The van der Waals surface area contributed by atoms with Crippen LogP contribution in [0.2, 0.25) is 0 Å². The van der Waals surface area contributed by atoms with Gasteiger partial charge < -0.3 is 16.0 Å². The van der Waals surface area contributed by atoms with Gasteiger partial charge >= 0.3 is 0 Å². The van der Waals surface area contributed by atoms with Crippen molar-refractivity contribution in [2.24, 2.45) is 11.1 Å². The summed E-state index contributed by atoms with van der Waals surface area (Å²) in [7, 11) is 0. The summed E-state index contributed by atoms with van der Waals surface area (Å²) < 4.78 is 0. The first-order valence-electron chi connectivity index (χ1n) is 7.90. The normalized spacial score (nSPS) is 22.8. The van der Waals surface area contributed by atoms with Gasteiger partial charge in [-0.1, -0.05) is 19.8 Å². The van der Waals surface area contributed by atoms with E-state index in [0.29, 0.717) is 13.0 Å². The SMILES string of the molecule is CCC(=O)NC1CCN(C(=O)C2(CN)CCCC2)CC1. The van der Waals surface area contributed by atoms with Crippen LogP contribution in [0, 0.1) is 5.41 Å². The summed E-state index contributed by atoms with van der Waals surface area (Å²) in [6, 6.07) is 0.226. The molecule has 5 heteroatoms. The second kappa shape index (κ2) is 6.57. The molecule has 2 fully saturated rings. The summed E-state index contributed by atoms with van der Waals surface area (Å²) in [5, 5.41) is 3.02. The van der Waals surface area contributed by atoms with Crippen LogP contribution in [0.15, 0.2) is 0 Å². The van der Waals surface area contributed by atoms with Gasteiger partial charge in [-0.2, -0.15) is 0 Å². The van der Waals surface area contributed by atoms with E-state index < -0.39 is 0 Å². The lowest BCUT2D eigenvalue weighted by Gasteiger charge is -2.38. The second-order valence-corrected chi connectivity index (χ2v) is 6.18. The van der Waals surface area contributed by atoms with Crippen LogP contribution in [0.1, 0.15) is 51.9 Å². The molecule has 0 aromatic heterocycles. The fourth-order valence-electron chi connectivity index (χ4n) is 3.45. The highest BCUT2D eigenvalue weighted by Crippen LogP contribution is 2.39. The summed E-state index contributed by atoms with van der Waals surface area (Å²) in [5.41, 5.74) is 5.59. The summed E-state index contributed by atoms with van der Waals surface area (Å²) in [6.07, 6.45) is 6.35. The lowest BCUT2D eigenvalue weighted by molar-refractivity contribution is -0.142. The largest absolute Gasteiger partial charge is 0.353 e. The van der Waals surface area contributed by atoms with E-state index in [-0.39, 0.29) is 23.3 Å². The summed E-state index contributed by atoms with van der Waals surface area (Å²) in [4.78, 5) is 26.1. The van der Waals surface area contributed by atoms with Crippen LogP contribution in [-0.4, -0.2) is 42.4 Å². The standard InChI is InChI=1S/C15H27N3O2/c1-2-13(19)17-12-5-9-18(10-6-12)14(20)15(11-16)7-3-4-8-15/h12H,2-11,16H2,1H3,(H,17,19). The van der Waals surface area contributed by atoms with Crippen LogP contribution in [0.4, 0.5) is 0 Å². The Hall–Kier alpha value is -1.10. The number of hydrogen-bond donors (Lipinski definition) is 2. The van der Waals surface area contributed by atoms with Crippen LogP contribution < -0.4 is 11.1 Å². The highest BCUT2D eigenvalue weighted by atomic mass is 16.2. The van der Waals surface area contributed by atoms with Crippen molar-refractivity contribution in [2.75, 3.05) is 19.6 Å². The molecule has 0 bridgehead atoms. The first-order chi connectivity index (χ1) is 9.61. The van der Waals surface area contributed by atoms with E-state index in [1.807, 2.05) is 11.8 Å². The van der Waals surface area contributed by atoms with Gasteiger partial charge in [-0.05, 0) is 25.7 Å². The second-order valence-electron chi connectivity index (χ2n) is 6.18. The van der Waals surface area contributed by atoms with Gasteiger partial charge in [0.1, 0.15) is 0 Å². The van der Waals surface area contributed by atoms with Crippen LogP contribution >= 0.6 is 0 Å². The van der Waals surface area contributed by atoms with E-state index in [0.717, 1.165) is 51.6 Å². The molecule has 0 aromatic carbocycles. The topological polar surface area (TPSA) is 75.4 Å². The zero-order valence-corrected chi connectivity index (χ0v) is 12.5. The monoisotopic (exact) mass is 281 g/mol. The molecule has 0 radical (unpaired) electrons. The highest BCUT2D eigenvalue weighted by molar-refractivity contribution is 5.83. The van der Waals surface area contributed by atoms with Gasteiger partial charge in [-0.15, -0.1) is 0 Å². The predicted octanol–water partition coefficient (Wildman–Crippen LogP) is 1.02. The third-order valence-corrected chi connectivity index (χ3v) is 4.87. The van der Waals surface area contributed by atoms with Crippen molar-refractivity contribution < 1.29 is 9.59 Å².